The first kappa shape index (κ1) is 18.4. The summed E-state index contributed by atoms with van der Waals surface area (Å²) in [6.07, 6.45) is 0.906. The van der Waals surface area contributed by atoms with E-state index >= 15 is 0 Å². The van der Waals surface area contributed by atoms with Crippen LogP contribution in [0.3, 0.4) is 0 Å². The molecule has 2 aromatic carbocycles. The van der Waals surface area contributed by atoms with Gasteiger partial charge in [0, 0.05) is 38.4 Å². The molecule has 1 N–H and O–H groups in total. The molecule has 3 rings (SSSR count). The van der Waals surface area contributed by atoms with Crippen LogP contribution in [0.2, 0.25) is 0 Å². The predicted octanol–water partition coefficient (Wildman–Crippen LogP) is 1.11. The van der Waals surface area contributed by atoms with E-state index < -0.39 is 10.9 Å². The van der Waals surface area contributed by atoms with E-state index in [-0.39, 0.29) is 5.82 Å². The molecule has 2 aromatic rings. The topological polar surface area (TPSA) is 55.9 Å². The van der Waals surface area contributed by atoms with Crippen LogP contribution >= 0.6 is 0 Å². The second kappa shape index (κ2) is 7.86. The van der Waals surface area contributed by atoms with Gasteiger partial charge in [0.1, 0.15) is 17.2 Å². The molecule has 1 aliphatic rings. The Hall–Kier alpha value is -2.41. The number of nitrogens with one attached hydrogen (secondary N) is 1. The molecule has 140 valence electrons. The lowest BCUT2D eigenvalue weighted by atomic mass is 10.1. The molecule has 6 nitrogen and oxygen atoms in total. The van der Waals surface area contributed by atoms with Crippen molar-refractivity contribution in [3.8, 4) is 0 Å². The van der Waals surface area contributed by atoms with E-state index in [0.29, 0.717) is 31.0 Å². The minimum absolute atomic E-state index is 0.249. The molecule has 0 aromatic heterocycles. The molecular weight excluding hydrogens is 335 g/mol. The predicted molar refractivity (Wildman–Crippen MR) is 104 cm³/mol. The number of piperazine rings is 1. The first-order valence-electron chi connectivity index (χ1n) is 8.94. The Bertz CT molecular complexity index is 804. The second-order valence-electron chi connectivity index (χ2n) is 6.92. The first-order valence-corrected chi connectivity index (χ1v) is 8.94. The highest BCUT2D eigenvalue weighted by Crippen LogP contribution is 2.23. The summed E-state index contributed by atoms with van der Waals surface area (Å²) in [6.45, 7) is 4.37. The Balaban J connectivity index is 1.59. The standard InChI is InChI=1S/C19H25FN4O2/c1-22(2)9-3-8-21-16-17(19(26)18(16)25)24-12-10-23(11-13-24)15-6-4-14(20)5-7-15/h4-7,21H,3,8-13H2,1-2H3. The van der Waals surface area contributed by atoms with E-state index in [1.54, 1.807) is 12.1 Å². The van der Waals surface area contributed by atoms with Gasteiger partial charge in [-0.2, -0.15) is 0 Å². The van der Waals surface area contributed by atoms with Gasteiger partial charge >= 0.3 is 0 Å². The maximum Gasteiger partial charge on any atom is 0.253 e. The zero-order valence-electron chi connectivity index (χ0n) is 15.3. The van der Waals surface area contributed by atoms with Gasteiger partial charge in [0.2, 0.25) is 0 Å². The fourth-order valence-electron chi connectivity index (χ4n) is 3.29. The SMILES string of the molecule is CN(C)CCCNc1c(N2CCN(c3ccc(F)cc3)CC2)c(=O)c1=O. The van der Waals surface area contributed by atoms with Gasteiger partial charge in [-0.3, -0.25) is 9.59 Å². The van der Waals surface area contributed by atoms with Crippen LogP contribution in [0.15, 0.2) is 33.9 Å². The van der Waals surface area contributed by atoms with E-state index in [1.165, 1.54) is 12.1 Å². The van der Waals surface area contributed by atoms with Crippen LogP contribution < -0.4 is 26.0 Å². The fraction of sp³-hybridized carbons (Fsp3) is 0.474. The van der Waals surface area contributed by atoms with Crippen LogP contribution in [-0.2, 0) is 0 Å². The molecule has 0 aliphatic carbocycles. The summed E-state index contributed by atoms with van der Waals surface area (Å²) in [7, 11) is 4.01. The largest absolute Gasteiger partial charge is 0.380 e. The molecule has 7 heteroatoms. The van der Waals surface area contributed by atoms with Crippen molar-refractivity contribution >= 4 is 17.1 Å². The van der Waals surface area contributed by atoms with Crippen molar-refractivity contribution in [3.05, 3.63) is 50.5 Å². The van der Waals surface area contributed by atoms with Gasteiger partial charge in [0.15, 0.2) is 0 Å². The quantitative estimate of drug-likeness (QED) is 0.590. The highest BCUT2D eigenvalue weighted by Gasteiger charge is 2.28. The summed E-state index contributed by atoms with van der Waals surface area (Å²) in [5.74, 6) is -0.249. The average molecular weight is 360 g/mol. The first-order chi connectivity index (χ1) is 12.5. The summed E-state index contributed by atoms with van der Waals surface area (Å²) in [5, 5.41) is 3.14. The van der Waals surface area contributed by atoms with Crippen LogP contribution in [0.1, 0.15) is 6.42 Å². The van der Waals surface area contributed by atoms with Crippen molar-refractivity contribution in [3.63, 3.8) is 0 Å². The molecule has 0 bridgehead atoms. The average Bonchev–Trinajstić information content (AvgIpc) is 2.64. The Morgan fingerprint density at radius 1 is 1.00 bits per heavy atom. The van der Waals surface area contributed by atoms with Crippen molar-refractivity contribution in [2.24, 2.45) is 0 Å². The van der Waals surface area contributed by atoms with Gasteiger partial charge in [-0.05, 0) is 51.3 Å². The van der Waals surface area contributed by atoms with E-state index in [0.717, 1.165) is 31.7 Å². The number of hydrogen-bond acceptors (Lipinski definition) is 6. The number of rotatable bonds is 7. The molecule has 0 amide bonds. The summed E-state index contributed by atoms with van der Waals surface area (Å²) >= 11 is 0. The van der Waals surface area contributed by atoms with E-state index in [1.807, 2.05) is 19.0 Å². The molecule has 0 atom stereocenters. The summed E-state index contributed by atoms with van der Waals surface area (Å²) in [4.78, 5) is 30.2. The molecule has 0 saturated carbocycles. The minimum Gasteiger partial charge on any atom is -0.380 e. The summed E-state index contributed by atoms with van der Waals surface area (Å²) in [5.41, 5.74) is 1.15. The molecule has 1 heterocycles. The minimum atomic E-state index is -0.411. The normalized spacial score (nSPS) is 15.1. The molecular formula is C19H25FN4O2. The highest BCUT2D eigenvalue weighted by atomic mass is 19.1. The molecule has 0 radical (unpaired) electrons. The molecule has 1 fully saturated rings. The number of hydrogen-bond donors (Lipinski definition) is 1. The van der Waals surface area contributed by atoms with Crippen LogP contribution in [0.5, 0.6) is 0 Å². The van der Waals surface area contributed by atoms with Crippen molar-refractivity contribution in [1.82, 2.24) is 4.90 Å². The zero-order valence-corrected chi connectivity index (χ0v) is 15.3. The third-order valence-corrected chi connectivity index (χ3v) is 4.76. The number of anilines is 3. The number of benzene rings is 1. The lowest BCUT2D eigenvalue weighted by Crippen LogP contribution is -2.51. The van der Waals surface area contributed by atoms with Crippen molar-refractivity contribution in [2.45, 2.75) is 6.42 Å². The van der Waals surface area contributed by atoms with Gasteiger partial charge in [0.25, 0.3) is 10.9 Å². The van der Waals surface area contributed by atoms with Crippen molar-refractivity contribution in [1.29, 1.82) is 0 Å². The van der Waals surface area contributed by atoms with Gasteiger partial charge < -0.3 is 20.0 Å². The Kier molecular flexibility index (Phi) is 5.56. The number of halogens is 1. The molecule has 0 spiro atoms. The van der Waals surface area contributed by atoms with E-state index in [4.69, 9.17) is 0 Å². The number of nitrogens with zero attached hydrogens (tertiary/aromatic N) is 3. The fourth-order valence-corrected chi connectivity index (χ4v) is 3.29. The van der Waals surface area contributed by atoms with Crippen LogP contribution in [0, 0.1) is 5.82 Å². The lowest BCUT2D eigenvalue weighted by Gasteiger charge is -2.38. The molecule has 0 unspecified atom stereocenters. The third-order valence-electron chi connectivity index (χ3n) is 4.76. The van der Waals surface area contributed by atoms with Crippen molar-refractivity contribution in [2.75, 3.05) is 68.5 Å². The Morgan fingerprint density at radius 2 is 1.62 bits per heavy atom. The third kappa shape index (κ3) is 3.88. The van der Waals surface area contributed by atoms with Crippen LogP contribution in [0.4, 0.5) is 21.5 Å². The Labute approximate surface area is 152 Å². The molecule has 26 heavy (non-hydrogen) atoms. The second-order valence-corrected chi connectivity index (χ2v) is 6.92. The summed E-state index contributed by atoms with van der Waals surface area (Å²) in [6, 6.07) is 6.43. The van der Waals surface area contributed by atoms with Crippen LogP contribution in [-0.4, -0.2) is 58.3 Å². The van der Waals surface area contributed by atoms with Gasteiger partial charge in [-0.1, -0.05) is 0 Å². The zero-order chi connectivity index (χ0) is 18.7. The van der Waals surface area contributed by atoms with E-state index in [9.17, 15) is 14.0 Å². The van der Waals surface area contributed by atoms with Gasteiger partial charge in [-0.15, -0.1) is 0 Å². The van der Waals surface area contributed by atoms with Crippen LogP contribution in [0.25, 0.3) is 0 Å². The lowest BCUT2D eigenvalue weighted by molar-refractivity contribution is 0.405. The smallest absolute Gasteiger partial charge is 0.253 e. The van der Waals surface area contributed by atoms with E-state index in [2.05, 4.69) is 15.1 Å². The highest BCUT2D eigenvalue weighted by molar-refractivity contribution is 5.75. The van der Waals surface area contributed by atoms with Crippen molar-refractivity contribution < 1.29 is 4.39 Å². The van der Waals surface area contributed by atoms with Gasteiger partial charge in [-0.25, -0.2) is 4.39 Å². The Morgan fingerprint density at radius 3 is 2.23 bits per heavy atom. The van der Waals surface area contributed by atoms with Gasteiger partial charge in [0.05, 0.1) is 0 Å². The summed E-state index contributed by atoms with van der Waals surface area (Å²) < 4.78 is 13.1. The maximum absolute atomic E-state index is 13.1. The monoisotopic (exact) mass is 360 g/mol. The maximum atomic E-state index is 13.1. The molecule has 1 saturated heterocycles. The molecule has 1 aliphatic heterocycles.